The molecule has 8 aromatic heterocycles. The molecule has 334 valence electrons. The number of pyridine rings is 2. The molecule has 0 saturated carbocycles. The largest absolute Gasteiger partial charge is 0.472 e. The number of halogens is 8. The molecule has 14 nitrogen and oxygen atoms in total. The second-order valence-electron chi connectivity index (χ2n) is 15.0. The van der Waals surface area contributed by atoms with Gasteiger partial charge in [0.25, 0.3) is 11.8 Å². The second-order valence-corrected chi connectivity index (χ2v) is 15.7. The molecule has 22 heteroatoms. The summed E-state index contributed by atoms with van der Waals surface area (Å²) >= 11 is 12.8. The van der Waals surface area contributed by atoms with Crippen LogP contribution in [-0.2, 0) is 19.4 Å². The number of aromatic amines is 1. The lowest BCUT2D eigenvalue weighted by atomic mass is 10.0. The van der Waals surface area contributed by atoms with E-state index in [9.17, 15) is 35.9 Å². The van der Waals surface area contributed by atoms with Gasteiger partial charge in [0.2, 0.25) is 0 Å². The molecule has 0 atom stereocenters. The van der Waals surface area contributed by atoms with E-state index in [1.54, 1.807) is 17.1 Å². The highest BCUT2D eigenvalue weighted by Gasteiger charge is 2.38. The first-order chi connectivity index (χ1) is 31.1. The van der Waals surface area contributed by atoms with Crippen LogP contribution >= 0.6 is 23.2 Å². The molecule has 0 spiro atoms. The molecule has 2 aliphatic rings. The van der Waals surface area contributed by atoms with Crippen LogP contribution in [0.15, 0.2) is 107 Å². The van der Waals surface area contributed by atoms with Crippen molar-refractivity contribution in [2.45, 2.75) is 25.2 Å². The molecule has 0 aliphatic carbocycles. The van der Waals surface area contributed by atoms with E-state index < -0.39 is 46.6 Å². The van der Waals surface area contributed by atoms with Gasteiger partial charge < -0.3 is 18.6 Å². The maximum Gasteiger partial charge on any atom is 0.420 e. The number of imidazole rings is 2. The topological polar surface area (TPSA) is 148 Å². The molecule has 0 fully saturated rings. The number of aromatic nitrogens is 8. The van der Waals surface area contributed by atoms with Crippen molar-refractivity contribution in [3.8, 4) is 22.3 Å². The summed E-state index contributed by atoms with van der Waals surface area (Å²) in [5, 5.41) is 10.6. The number of H-pyrrole nitrogens is 1. The van der Waals surface area contributed by atoms with Crippen LogP contribution in [0.5, 0.6) is 0 Å². The maximum absolute atomic E-state index is 13.8. The van der Waals surface area contributed by atoms with E-state index in [4.69, 9.17) is 32.0 Å². The minimum Gasteiger partial charge on any atom is -0.472 e. The fraction of sp³-hybridized carbons (Fsp3) is 0.209. The highest BCUT2D eigenvalue weighted by Crippen LogP contribution is 2.39. The summed E-state index contributed by atoms with van der Waals surface area (Å²) in [6.45, 7) is 1.33. The second kappa shape index (κ2) is 16.8. The third-order valence-corrected chi connectivity index (χ3v) is 11.8. The highest BCUT2D eigenvalue weighted by atomic mass is 35.5. The Kier molecular flexibility index (Phi) is 11.2. The third-order valence-electron chi connectivity index (χ3n) is 11.0. The number of alkyl halides is 6. The van der Waals surface area contributed by atoms with Gasteiger partial charge in [0, 0.05) is 80.3 Å². The summed E-state index contributed by atoms with van der Waals surface area (Å²) in [7, 11) is 1.83. The van der Waals surface area contributed by atoms with Gasteiger partial charge in [-0.3, -0.25) is 28.2 Å². The average Bonchev–Trinajstić information content (AvgIpc) is 4.16. The Morgan fingerprint density at radius 2 is 1.20 bits per heavy atom. The quantitative estimate of drug-likeness (QED) is 0.162. The van der Waals surface area contributed by atoms with E-state index in [2.05, 4.69) is 25.3 Å². The van der Waals surface area contributed by atoms with Crippen molar-refractivity contribution < 1.29 is 44.8 Å². The zero-order chi connectivity index (χ0) is 45.8. The molecular weight excluding hydrogens is 905 g/mol. The fourth-order valence-electron chi connectivity index (χ4n) is 7.70. The number of hydrogen-bond acceptors (Lipinski definition) is 8. The van der Waals surface area contributed by atoms with Crippen molar-refractivity contribution in [1.82, 2.24) is 48.5 Å². The van der Waals surface area contributed by atoms with Gasteiger partial charge in [-0.15, -0.1) is 0 Å². The van der Waals surface area contributed by atoms with E-state index in [1.165, 1.54) is 59.4 Å². The van der Waals surface area contributed by atoms with Crippen LogP contribution < -0.4 is 0 Å². The van der Waals surface area contributed by atoms with Crippen molar-refractivity contribution in [1.29, 1.82) is 0 Å². The summed E-state index contributed by atoms with van der Waals surface area (Å²) < 4.78 is 96.7. The van der Waals surface area contributed by atoms with E-state index in [1.807, 2.05) is 31.3 Å². The van der Waals surface area contributed by atoms with Crippen molar-refractivity contribution in [2.75, 3.05) is 26.2 Å². The Morgan fingerprint density at radius 1 is 0.692 bits per heavy atom. The van der Waals surface area contributed by atoms with Gasteiger partial charge in [0.05, 0.1) is 47.6 Å². The summed E-state index contributed by atoms with van der Waals surface area (Å²) in [5.41, 5.74) is 1.98. The number of fused-ring (bicyclic) bond motifs is 2. The summed E-state index contributed by atoms with van der Waals surface area (Å²) in [5.74, 6) is -1.06. The van der Waals surface area contributed by atoms with Crippen LogP contribution in [0, 0.1) is 0 Å². The first-order valence-corrected chi connectivity index (χ1v) is 20.4. The van der Waals surface area contributed by atoms with Gasteiger partial charge in [-0.2, -0.15) is 36.5 Å². The van der Waals surface area contributed by atoms with E-state index in [0.29, 0.717) is 37.1 Å². The Labute approximate surface area is 373 Å². The number of carbonyl (C=O) groups excluding carboxylic acids is 2. The zero-order valence-corrected chi connectivity index (χ0v) is 35.2. The molecule has 2 amide bonds. The number of nitrogens with zero attached hydrogens (tertiary/aromatic N) is 9. The number of furan rings is 2. The van der Waals surface area contributed by atoms with E-state index >= 15 is 0 Å². The van der Waals surface area contributed by atoms with Crippen LogP contribution in [-0.4, -0.2) is 86.5 Å². The van der Waals surface area contributed by atoms with Crippen LogP contribution in [0.25, 0.3) is 44.7 Å². The minimum atomic E-state index is -4.69. The first kappa shape index (κ1) is 43.2. The molecule has 0 unspecified atom stereocenters. The molecule has 1 N–H and O–H groups in total. The van der Waals surface area contributed by atoms with Crippen LogP contribution in [0.2, 0.25) is 10.3 Å². The number of carbonyl (C=O) groups is 2. The van der Waals surface area contributed by atoms with E-state index in [-0.39, 0.29) is 45.9 Å². The van der Waals surface area contributed by atoms with E-state index in [0.717, 1.165) is 43.5 Å². The Hall–Kier alpha value is -7.06. The number of aryl methyl sites for hydroxylation is 1. The summed E-state index contributed by atoms with van der Waals surface area (Å²) in [4.78, 5) is 37.3. The van der Waals surface area contributed by atoms with Crippen molar-refractivity contribution in [3.63, 3.8) is 0 Å². The lowest BCUT2D eigenvalue weighted by Crippen LogP contribution is -2.35. The summed E-state index contributed by atoms with van der Waals surface area (Å²) in [6, 6.07) is 8.74. The van der Waals surface area contributed by atoms with Crippen molar-refractivity contribution in [3.05, 3.63) is 143 Å². The molecule has 10 rings (SSSR count). The molecule has 65 heavy (non-hydrogen) atoms. The zero-order valence-electron chi connectivity index (χ0n) is 33.7. The monoisotopic (exact) mass is 936 g/mol. The molecule has 0 saturated heterocycles. The Morgan fingerprint density at radius 3 is 1.58 bits per heavy atom. The minimum absolute atomic E-state index is 0.174. The maximum atomic E-state index is 13.8. The first-order valence-electron chi connectivity index (χ1n) is 19.6. The Balaban J connectivity index is 0.000000164. The van der Waals surface area contributed by atoms with Gasteiger partial charge in [0.15, 0.2) is 22.7 Å². The van der Waals surface area contributed by atoms with Gasteiger partial charge >= 0.3 is 12.4 Å². The number of hydrogen-bond donors (Lipinski definition) is 1. The molecule has 0 aromatic carbocycles. The summed E-state index contributed by atoms with van der Waals surface area (Å²) in [6.07, 6.45) is 7.08. The normalized spacial score (nSPS) is 14.7. The lowest BCUT2D eigenvalue weighted by molar-refractivity contribution is -0.137. The van der Waals surface area contributed by atoms with Gasteiger partial charge in [-0.05, 0) is 60.4 Å². The van der Waals surface area contributed by atoms with Gasteiger partial charge in [0.1, 0.15) is 10.3 Å². The van der Waals surface area contributed by atoms with Crippen molar-refractivity contribution in [2.24, 2.45) is 7.05 Å². The van der Waals surface area contributed by atoms with Gasteiger partial charge in [-0.25, -0.2) is 9.97 Å². The predicted octanol–water partition coefficient (Wildman–Crippen LogP) is 9.85. The van der Waals surface area contributed by atoms with Crippen LogP contribution in [0.1, 0.15) is 56.3 Å². The Bertz CT molecular complexity index is 3130. The van der Waals surface area contributed by atoms with Gasteiger partial charge in [-0.1, -0.05) is 35.4 Å². The number of nitrogens with one attached hydrogen (secondary N) is 1. The molecule has 2 aliphatic heterocycles. The molecular formula is C43H32Cl2F6N10O4. The average molecular weight is 938 g/mol. The number of rotatable bonds is 6. The van der Waals surface area contributed by atoms with Crippen LogP contribution in [0.4, 0.5) is 26.3 Å². The molecule has 10 heterocycles. The number of amides is 2. The molecule has 0 bridgehead atoms. The smallest absolute Gasteiger partial charge is 0.420 e. The molecule has 0 radical (unpaired) electrons. The highest BCUT2D eigenvalue weighted by molar-refractivity contribution is 6.33. The predicted molar refractivity (Wildman–Crippen MR) is 225 cm³/mol. The lowest BCUT2D eigenvalue weighted by Gasteiger charge is -2.26. The molecule has 8 aromatic rings. The third kappa shape index (κ3) is 8.30. The SMILES string of the molecule is Cn1nccc1C1=CCN(C(=O)c2nc3c(C(F)(F)F)cc(-c4ccoc4)cn3c2Cl)CC1.O=C(c1nc2c(C(F)(F)F)cc(-c3ccoc3)cn2c1Cl)N1CC=C(c2ccn[nH]2)CC1. The van der Waals surface area contributed by atoms with Crippen LogP contribution in [0.3, 0.4) is 0 Å². The standard InChI is InChI=1S/C22H17ClF3N5O2.C21H15ClF3N5O2/c1-29-17(2-6-27-29)13-3-7-30(8-4-13)21(32)18-19(23)31-11-15(14-5-9-33-12-14)10-16(20(31)28-18)22(24,25)26;22-18-17(20(31)29-6-2-12(3-7-29)16-1-5-26-28-16)27-19-15(21(23,24)25)9-14(10-30(18)19)13-4-8-32-11-13/h2-3,5-6,9-12H,4,7-8H2,1H3;1-2,4-5,8-11H,3,6-7H2,(H,26,28). The fourth-order valence-corrected chi connectivity index (χ4v) is 8.21. The van der Waals surface area contributed by atoms with Crippen molar-refractivity contribution >= 4 is 57.5 Å².